The Kier molecular flexibility index (Phi) is 4.57. The molecule has 3 rings (SSSR count). The highest BCUT2D eigenvalue weighted by Crippen LogP contribution is 2.23. The summed E-state index contributed by atoms with van der Waals surface area (Å²) in [5.74, 6) is -0.0920. The van der Waals surface area contributed by atoms with Gasteiger partial charge in [-0.3, -0.25) is 4.79 Å². The molecule has 0 saturated heterocycles. The van der Waals surface area contributed by atoms with Gasteiger partial charge >= 0.3 is 0 Å². The van der Waals surface area contributed by atoms with E-state index >= 15 is 0 Å². The first-order chi connectivity index (χ1) is 11.1. The van der Waals surface area contributed by atoms with E-state index in [0.717, 1.165) is 15.6 Å². The van der Waals surface area contributed by atoms with E-state index in [1.54, 1.807) is 6.07 Å². The molecule has 0 saturated carbocycles. The minimum absolute atomic E-state index is 0.150. The number of halogens is 1. The quantitative estimate of drug-likeness (QED) is 0.730. The van der Waals surface area contributed by atoms with Gasteiger partial charge in [0, 0.05) is 16.1 Å². The molecule has 1 aromatic heterocycles. The molecule has 0 spiro atoms. The first-order valence-electron chi connectivity index (χ1n) is 7.22. The number of rotatable bonds is 4. The molecule has 0 aliphatic rings. The van der Waals surface area contributed by atoms with Gasteiger partial charge < -0.3 is 9.84 Å². The Morgan fingerprint density at radius 2 is 1.83 bits per heavy atom. The maximum Gasteiger partial charge on any atom is 0.290 e. The molecular weight excluding hydrogens is 356 g/mol. The molecule has 0 aliphatic heterocycles. The molecular formula is C18H15BrN2O2. The molecule has 3 aromatic rings. The maximum atomic E-state index is 12.3. The summed E-state index contributed by atoms with van der Waals surface area (Å²) in [7, 11) is 0. The topological polar surface area (TPSA) is 55.1 Å². The SMILES string of the molecule is CC(NC(=O)c1cc(-c2ccccc2)no1)c1ccccc1Br. The Morgan fingerprint density at radius 3 is 2.57 bits per heavy atom. The molecule has 4 nitrogen and oxygen atoms in total. The van der Waals surface area contributed by atoms with E-state index in [-0.39, 0.29) is 17.7 Å². The fourth-order valence-corrected chi connectivity index (χ4v) is 2.93. The van der Waals surface area contributed by atoms with Gasteiger partial charge in [0.05, 0.1) is 6.04 Å². The summed E-state index contributed by atoms with van der Waals surface area (Å²) in [6, 6.07) is 18.9. The number of carbonyl (C=O) groups excluding carboxylic acids is 1. The van der Waals surface area contributed by atoms with Gasteiger partial charge in [0.25, 0.3) is 5.91 Å². The largest absolute Gasteiger partial charge is 0.350 e. The summed E-state index contributed by atoms with van der Waals surface area (Å²) in [6.45, 7) is 1.92. The maximum absolute atomic E-state index is 12.3. The van der Waals surface area contributed by atoms with Crippen LogP contribution in [0.15, 0.2) is 69.7 Å². The second-order valence-electron chi connectivity index (χ2n) is 5.16. The molecule has 0 bridgehead atoms. The lowest BCUT2D eigenvalue weighted by Gasteiger charge is -2.14. The molecule has 116 valence electrons. The number of carbonyl (C=O) groups is 1. The molecule has 23 heavy (non-hydrogen) atoms. The molecule has 1 N–H and O–H groups in total. The van der Waals surface area contributed by atoms with Crippen LogP contribution in [0.4, 0.5) is 0 Å². The smallest absolute Gasteiger partial charge is 0.290 e. The second kappa shape index (κ2) is 6.79. The number of nitrogens with zero attached hydrogens (tertiary/aromatic N) is 1. The van der Waals surface area contributed by atoms with Crippen LogP contribution in [-0.4, -0.2) is 11.1 Å². The van der Waals surface area contributed by atoms with Crippen LogP contribution in [0.25, 0.3) is 11.3 Å². The molecule has 1 heterocycles. The van der Waals surface area contributed by atoms with Gasteiger partial charge in [-0.2, -0.15) is 0 Å². The summed E-state index contributed by atoms with van der Waals surface area (Å²) < 4.78 is 6.13. The predicted octanol–water partition coefficient (Wildman–Crippen LogP) is 4.60. The van der Waals surface area contributed by atoms with Crippen molar-refractivity contribution >= 4 is 21.8 Å². The zero-order chi connectivity index (χ0) is 16.2. The van der Waals surface area contributed by atoms with E-state index in [1.807, 2.05) is 61.5 Å². The van der Waals surface area contributed by atoms with Gasteiger partial charge in [-0.05, 0) is 18.6 Å². The van der Waals surface area contributed by atoms with Crippen LogP contribution in [0.3, 0.4) is 0 Å². The summed E-state index contributed by atoms with van der Waals surface area (Å²) in [4.78, 5) is 12.3. The highest BCUT2D eigenvalue weighted by molar-refractivity contribution is 9.10. The number of nitrogens with one attached hydrogen (secondary N) is 1. The van der Waals surface area contributed by atoms with E-state index in [4.69, 9.17) is 4.52 Å². The minimum Gasteiger partial charge on any atom is -0.350 e. The van der Waals surface area contributed by atoms with E-state index < -0.39 is 0 Å². The molecule has 5 heteroatoms. The second-order valence-corrected chi connectivity index (χ2v) is 6.01. The van der Waals surface area contributed by atoms with Crippen molar-refractivity contribution in [2.24, 2.45) is 0 Å². The number of hydrogen-bond acceptors (Lipinski definition) is 3. The van der Waals surface area contributed by atoms with Crippen LogP contribution in [0, 0.1) is 0 Å². The van der Waals surface area contributed by atoms with Crippen molar-refractivity contribution in [1.82, 2.24) is 10.5 Å². The third kappa shape index (κ3) is 3.51. The lowest BCUT2D eigenvalue weighted by atomic mass is 10.1. The Bertz CT molecular complexity index is 815. The van der Waals surface area contributed by atoms with Gasteiger partial charge in [0.2, 0.25) is 5.76 Å². The van der Waals surface area contributed by atoms with Crippen molar-refractivity contribution in [2.45, 2.75) is 13.0 Å². The van der Waals surface area contributed by atoms with Crippen LogP contribution >= 0.6 is 15.9 Å². The van der Waals surface area contributed by atoms with E-state index in [1.165, 1.54) is 0 Å². The lowest BCUT2D eigenvalue weighted by Crippen LogP contribution is -2.26. The Morgan fingerprint density at radius 1 is 1.13 bits per heavy atom. The average Bonchev–Trinajstić information content (AvgIpc) is 3.06. The van der Waals surface area contributed by atoms with Crippen LogP contribution in [-0.2, 0) is 0 Å². The zero-order valence-electron chi connectivity index (χ0n) is 12.5. The van der Waals surface area contributed by atoms with Crippen molar-refractivity contribution in [3.05, 3.63) is 76.5 Å². The average molecular weight is 371 g/mol. The molecule has 1 atom stereocenters. The summed E-state index contributed by atoms with van der Waals surface area (Å²) in [5.41, 5.74) is 2.56. The van der Waals surface area contributed by atoms with E-state index in [0.29, 0.717) is 5.69 Å². The predicted molar refractivity (Wildman–Crippen MR) is 92.0 cm³/mol. The van der Waals surface area contributed by atoms with Crippen molar-refractivity contribution in [2.75, 3.05) is 0 Å². The van der Waals surface area contributed by atoms with Gasteiger partial charge in [0.15, 0.2) is 0 Å². The highest BCUT2D eigenvalue weighted by Gasteiger charge is 2.17. The fraction of sp³-hybridized carbons (Fsp3) is 0.111. The van der Waals surface area contributed by atoms with E-state index in [2.05, 4.69) is 26.4 Å². The van der Waals surface area contributed by atoms with Crippen LogP contribution in [0.5, 0.6) is 0 Å². The third-order valence-corrected chi connectivity index (χ3v) is 4.25. The Balaban J connectivity index is 1.74. The summed E-state index contributed by atoms with van der Waals surface area (Å²) in [6.07, 6.45) is 0. The van der Waals surface area contributed by atoms with Crippen molar-refractivity contribution < 1.29 is 9.32 Å². The van der Waals surface area contributed by atoms with Crippen molar-refractivity contribution in [1.29, 1.82) is 0 Å². The molecule has 1 amide bonds. The van der Waals surface area contributed by atoms with Crippen LogP contribution < -0.4 is 5.32 Å². The first-order valence-corrected chi connectivity index (χ1v) is 8.02. The summed E-state index contributed by atoms with van der Waals surface area (Å²) >= 11 is 3.49. The van der Waals surface area contributed by atoms with Crippen molar-refractivity contribution in [3.63, 3.8) is 0 Å². The molecule has 0 aliphatic carbocycles. The molecule has 0 radical (unpaired) electrons. The first kappa shape index (κ1) is 15.5. The van der Waals surface area contributed by atoms with Crippen LogP contribution in [0.2, 0.25) is 0 Å². The fourth-order valence-electron chi connectivity index (χ4n) is 2.30. The standard InChI is InChI=1S/C18H15BrN2O2/c1-12(14-9-5-6-10-15(14)19)20-18(22)17-11-16(21-23-17)13-7-3-2-4-8-13/h2-12H,1H3,(H,20,22). The van der Waals surface area contributed by atoms with Gasteiger partial charge in [-0.25, -0.2) is 0 Å². The molecule has 2 aromatic carbocycles. The van der Waals surface area contributed by atoms with Gasteiger partial charge in [0.1, 0.15) is 5.69 Å². The number of hydrogen-bond donors (Lipinski definition) is 1. The highest BCUT2D eigenvalue weighted by atomic mass is 79.9. The van der Waals surface area contributed by atoms with Crippen LogP contribution in [0.1, 0.15) is 29.1 Å². The van der Waals surface area contributed by atoms with E-state index in [9.17, 15) is 4.79 Å². The summed E-state index contributed by atoms with van der Waals surface area (Å²) in [5, 5.41) is 6.88. The van der Waals surface area contributed by atoms with Crippen molar-refractivity contribution in [3.8, 4) is 11.3 Å². The van der Waals surface area contributed by atoms with Gasteiger partial charge in [-0.1, -0.05) is 69.6 Å². The Labute approximate surface area is 142 Å². The Hall–Kier alpha value is -2.40. The molecule has 1 unspecified atom stereocenters. The third-order valence-electron chi connectivity index (χ3n) is 3.52. The van der Waals surface area contributed by atoms with Gasteiger partial charge in [-0.15, -0.1) is 0 Å². The number of aromatic nitrogens is 1. The number of amides is 1. The number of benzene rings is 2. The normalized spacial score (nSPS) is 11.9. The molecule has 0 fully saturated rings. The zero-order valence-corrected chi connectivity index (χ0v) is 14.1. The monoisotopic (exact) mass is 370 g/mol. The minimum atomic E-state index is -0.289. The lowest BCUT2D eigenvalue weighted by molar-refractivity contribution is 0.0902.